The second kappa shape index (κ2) is 9.84. The number of hydrogen-bond acceptors (Lipinski definition) is 8. The maximum absolute atomic E-state index is 12.8. The summed E-state index contributed by atoms with van der Waals surface area (Å²) in [6.45, 7) is 5.43. The van der Waals surface area contributed by atoms with Gasteiger partial charge in [-0.3, -0.25) is 9.59 Å². The van der Waals surface area contributed by atoms with Gasteiger partial charge >= 0.3 is 5.97 Å². The first kappa shape index (κ1) is 21.9. The zero-order valence-electron chi connectivity index (χ0n) is 17.8. The van der Waals surface area contributed by atoms with Crippen LogP contribution in [0.2, 0.25) is 0 Å². The topological polar surface area (TPSA) is 116 Å². The third-order valence-corrected chi connectivity index (χ3v) is 4.57. The number of aromatic nitrogens is 3. The minimum atomic E-state index is -0.581. The summed E-state index contributed by atoms with van der Waals surface area (Å²) in [5.74, 6) is -0.210. The average Bonchev–Trinajstić information content (AvgIpc) is 3.29. The third kappa shape index (κ3) is 5.06. The van der Waals surface area contributed by atoms with Crippen molar-refractivity contribution in [3.8, 4) is 23.0 Å². The lowest BCUT2D eigenvalue weighted by Gasteiger charge is -2.14. The molecule has 0 unspecified atom stereocenters. The van der Waals surface area contributed by atoms with Crippen LogP contribution in [0, 0.1) is 0 Å². The van der Waals surface area contributed by atoms with E-state index in [1.165, 1.54) is 19.4 Å². The molecule has 0 spiro atoms. The number of ether oxygens (including phenoxy) is 2. The fourth-order valence-corrected chi connectivity index (χ4v) is 2.82. The number of amides is 1. The van der Waals surface area contributed by atoms with Crippen LogP contribution < -0.4 is 14.8 Å². The Labute approximate surface area is 179 Å². The van der Waals surface area contributed by atoms with E-state index in [1.807, 2.05) is 24.3 Å². The predicted octanol–water partition coefficient (Wildman–Crippen LogP) is 3.51. The Morgan fingerprint density at radius 1 is 1.23 bits per heavy atom. The quantitative estimate of drug-likeness (QED) is 0.546. The summed E-state index contributed by atoms with van der Waals surface area (Å²) < 4.78 is 15.8. The van der Waals surface area contributed by atoms with Gasteiger partial charge in [-0.15, -0.1) is 0 Å². The van der Waals surface area contributed by atoms with Gasteiger partial charge in [0.2, 0.25) is 5.75 Å². The van der Waals surface area contributed by atoms with Crippen molar-refractivity contribution in [2.24, 2.45) is 0 Å². The maximum atomic E-state index is 12.8. The molecule has 0 bridgehead atoms. The molecule has 0 aliphatic rings. The SMILES string of the molecule is CCC(=O)Oc1c(OC)ccnc1C(=O)N[C@@H](C)c1noc(-c2cccc(CC)c2)n1. The van der Waals surface area contributed by atoms with Crippen LogP contribution in [0.25, 0.3) is 11.5 Å². The van der Waals surface area contributed by atoms with E-state index in [1.54, 1.807) is 13.8 Å². The Morgan fingerprint density at radius 3 is 2.74 bits per heavy atom. The number of nitrogens with one attached hydrogen (secondary N) is 1. The van der Waals surface area contributed by atoms with Crippen LogP contribution in [-0.2, 0) is 11.2 Å². The van der Waals surface area contributed by atoms with Gasteiger partial charge in [-0.25, -0.2) is 4.98 Å². The monoisotopic (exact) mass is 424 g/mol. The maximum Gasteiger partial charge on any atom is 0.311 e. The molecular weight excluding hydrogens is 400 g/mol. The van der Waals surface area contributed by atoms with E-state index in [4.69, 9.17) is 14.0 Å². The molecule has 1 N–H and O–H groups in total. The first-order valence-electron chi connectivity index (χ1n) is 9.94. The summed E-state index contributed by atoms with van der Waals surface area (Å²) in [6.07, 6.45) is 2.43. The summed E-state index contributed by atoms with van der Waals surface area (Å²) in [6, 6.07) is 8.74. The van der Waals surface area contributed by atoms with E-state index >= 15 is 0 Å². The van der Waals surface area contributed by atoms with E-state index in [0.717, 1.165) is 17.5 Å². The Morgan fingerprint density at radius 2 is 2.03 bits per heavy atom. The van der Waals surface area contributed by atoms with Crippen molar-refractivity contribution < 1.29 is 23.6 Å². The molecule has 1 amide bonds. The number of aryl methyl sites for hydroxylation is 1. The summed E-state index contributed by atoms with van der Waals surface area (Å²) in [5.41, 5.74) is 1.88. The normalized spacial score (nSPS) is 11.6. The number of esters is 1. The highest BCUT2D eigenvalue weighted by Gasteiger charge is 2.24. The molecule has 162 valence electrons. The highest BCUT2D eigenvalue weighted by Crippen LogP contribution is 2.30. The van der Waals surface area contributed by atoms with Crippen LogP contribution in [0.3, 0.4) is 0 Å². The molecule has 1 atom stereocenters. The zero-order valence-corrected chi connectivity index (χ0v) is 17.8. The molecule has 9 nitrogen and oxygen atoms in total. The van der Waals surface area contributed by atoms with E-state index < -0.39 is 17.9 Å². The van der Waals surface area contributed by atoms with Gasteiger partial charge < -0.3 is 19.3 Å². The van der Waals surface area contributed by atoms with Crippen LogP contribution >= 0.6 is 0 Å². The van der Waals surface area contributed by atoms with Crippen molar-refractivity contribution in [1.82, 2.24) is 20.4 Å². The Bertz CT molecular complexity index is 1080. The molecule has 0 aliphatic carbocycles. The van der Waals surface area contributed by atoms with E-state index in [2.05, 4.69) is 27.4 Å². The Hall–Kier alpha value is -3.75. The smallest absolute Gasteiger partial charge is 0.311 e. The standard InChI is InChI=1S/C22H24N4O5/c1-5-14-8-7-9-15(12-14)22-25-20(26-31-22)13(3)24-21(28)18-19(30-17(27)6-2)16(29-4)10-11-23-18/h7-13H,5-6H2,1-4H3,(H,24,28)/t13-/m0/s1. The summed E-state index contributed by atoms with van der Waals surface area (Å²) in [7, 11) is 1.41. The highest BCUT2D eigenvalue weighted by molar-refractivity contribution is 5.96. The zero-order chi connectivity index (χ0) is 22.4. The molecule has 0 aliphatic heterocycles. The first-order chi connectivity index (χ1) is 15.0. The fourth-order valence-electron chi connectivity index (χ4n) is 2.82. The lowest BCUT2D eigenvalue weighted by Crippen LogP contribution is -2.29. The number of carbonyl (C=O) groups excluding carboxylic acids is 2. The van der Waals surface area contributed by atoms with Crippen LogP contribution in [0.5, 0.6) is 11.5 Å². The summed E-state index contributed by atoms with van der Waals surface area (Å²) in [4.78, 5) is 33.1. The van der Waals surface area contributed by atoms with Gasteiger partial charge in [-0.1, -0.05) is 31.1 Å². The largest absolute Gasteiger partial charge is 0.493 e. The van der Waals surface area contributed by atoms with Gasteiger partial charge in [0.05, 0.1) is 13.2 Å². The van der Waals surface area contributed by atoms with Crippen molar-refractivity contribution in [2.75, 3.05) is 7.11 Å². The predicted molar refractivity (Wildman–Crippen MR) is 112 cm³/mol. The number of benzene rings is 1. The van der Waals surface area contributed by atoms with Crippen LogP contribution in [0.1, 0.15) is 55.1 Å². The molecule has 2 heterocycles. The molecular formula is C22H24N4O5. The third-order valence-electron chi connectivity index (χ3n) is 4.57. The molecule has 0 saturated carbocycles. The molecule has 9 heteroatoms. The lowest BCUT2D eigenvalue weighted by atomic mass is 10.1. The molecule has 0 radical (unpaired) electrons. The van der Waals surface area contributed by atoms with Crippen molar-refractivity contribution in [3.63, 3.8) is 0 Å². The number of nitrogens with zero attached hydrogens (tertiary/aromatic N) is 3. The number of carbonyl (C=O) groups is 2. The van der Waals surface area contributed by atoms with Gasteiger partial charge in [-0.2, -0.15) is 4.98 Å². The van der Waals surface area contributed by atoms with E-state index in [9.17, 15) is 9.59 Å². The number of hydrogen-bond donors (Lipinski definition) is 1. The Kier molecular flexibility index (Phi) is 6.96. The minimum absolute atomic E-state index is 0.0354. The van der Waals surface area contributed by atoms with Crippen molar-refractivity contribution in [1.29, 1.82) is 0 Å². The van der Waals surface area contributed by atoms with Crippen molar-refractivity contribution in [2.45, 2.75) is 39.7 Å². The second-order valence-corrected chi connectivity index (χ2v) is 6.73. The number of rotatable bonds is 8. The van der Waals surface area contributed by atoms with Crippen molar-refractivity contribution in [3.05, 3.63) is 53.6 Å². The molecule has 3 aromatic rings. The van der Waals surface area contributed by atoms with Gasteiger partial charge in [0.1, 0.15) is 0 Å². The molecule has 3 rings (SSSR count). The first-order valence-corrected chi connectivity index (χ1v) is 9.94. The molecule has 0 saturated heterocycles. The molecule has 31 heavy (non-hydrogen) atoms. The van der Waals surface area contributed by atoms with Crippen LogP contribution in [-0.4, -0.2) is 34.1 Å². The highest BCUT2D eigenvalue weighted by atomic mass is 16.6. The van der Waals surface area contributed by atoms with Gasteiger partial charge in [0.25, 0.3) is 11.8 Å². The van der Waals surface area contributed by atoms with Crippen molar-refractivity contribution >= 4 is 11.9 Å². The van der Waals surface area contributed by atoms with Crippen LogP contribution in [0.15, 0.2) is 41.1 Å². The number of pyridine rings is 1. The summed E-state index contributed by atoms with van der Waals surface area (Å²) >= 11 is 0. The minimum Gasteiger partial charge on any atom is -0.493 e. The average molecular weight is 424 g/mol. The van der Waals surface area contributed by atoms with E-state index in [0.29, 0.717) is 11.7 Å². The molecule has 2 aromatic heterocycles. The van der Waals surface area contributed by atoms with Gasteiger partial charge in [-0.05, 0) is 31.0 Å². The van der Waals surface area contributed by atoms with Crippen LogP contribution in [0.4, 0.5) is 0 Å². The molecule has 0 fully saturated rings. The number of methoxy groups -OCH3 is 1. The Balaban J connectivity index is 1.80. The second-order valence-electron chi connectivity index (χ2n) is 6.73. The fraction of sp³-hybridized carbons (Fsp3) is 0.318. The lowest BCUT2D eigenvalue weighted by molar-refractivity contribution is -0.134. The van der Waals surface area contributed by atoms with E-state index in [-0.39, 0.29) is 23.6 Å². The molecule has 1 aromatic carbocycles. The van der Waals surface area contributed by atoms with Gasteiger partial charge in [0, 0.05) is 24.2 Å². The summed E-state index contributed by atoms with van der Waals surface area (Å²) in [5, 5.41) is 6.73. The van der Waals surface area contributed by atoms with Gasteiger partial charge in [0.15, 0.2) is 17.3 Å².